The van der Waals surface area contributed by atoms with Crippen LogP contribution in [0.1, 0.15) is 5.56 Å². The van der Waals surface area contributed by atoms with Gasteiger partial charge in [-0.15, -0.1) is 11.8 Å². The molecule has 1 aliphatic heterocycles. The van der Waals surface area contributed by atoms with Gasteiger partial charge in [0.25, 0.3) is 0 Å². The Morgan fingerprint density at radius 1 is 1.00 bits per heavy atom. The van der Waals surface area contributed by atoms with Crippen molar-refractivity contribution in [1.29, 1.82) is 0 Å². The van der Waals surface area contributed by atoms with Crippen LogP contribution >= 0.6 is 11.8 Å². The first kappa shape index (κ1) is 14.4. The number of hydrogen-bond acceptors (Lipinski definition) is 2. The molecule has 0 spiro atoms. The Bertz CT molecular complexity index is 579. The Morgan fingerprint density at radius 2 is 1.67 bits per heavy atom. The molecule has 0 aliphatic carbocycles. The zero-order chi connectivity index (χ0) is 14.5. The van der Waals surface area contributed by atoms with Crippen molar-refractivity contribution in [1.82, 2.24) is 4.90 Å². The fourth-order valence-electron chi connectivity index (χ4n) is 2.77. The maximum absolute atomic E-state index is 4.28. The number of thioether (sulfide) groups is 1. The molecule has 1 nitrogen and oxygen atoms in total. The summed E-state index contributed by atoms with van der Waals surface area (Å²) in [4.78, 5) is 3.86. The predicted octanol–water partition coefficient (Wildman–Crippen LogP) is 4.47. The third-order valence-electron chi connectivity index (χ3n) is 3.93. The second-order valence-corrected chi connectivity index (χ2v) is 6.73. The Balaban J connectivity index is 1.53. The molecule has 1 aliphatic rings. The van der Waals surface area contributed by atoms with E-state index in [1.807, 2.05) is 11.8 Å². The molecule has 1 unspecified atom stereocenters. The molecule has 3 rings (SSSR count). The second-order valence-electron chi connectivity index (χ2n) is 5.63. The van der Waals surface area contributed by atoms with Crippen molar-refractivity contribution in [2.45, 2.75) is 11.4 Å². The van der Waals surface area contributed by atoms with Crippen LogP contribution in [0.4, 0.5) is 0 Å². The maximum atomic E-state index is 4.28. The van der Waals surface area contributed by atoms with Crippen molar-refractivity contribution in [3.8, 4) is 0 Å². The number of nitrogens with zero attached hydrogens (tertiary/aromatic N) is 1. The highest BCUT2D eigenvalue weighted by Crippen LogP contribution is 2.29. The van der Waals surface area contributed by atoms with Crippen LogP contribution in [0.3, 0.4) is 0 Å². The van der Waals surface area contributed by atoms with Crippen molar-refractivity contribution in [3.63, 3.8) is 0 Å². The van der Waals surface area contributed by atoms with E-state index in [1.54, 1.807) is 0 Å². The summed E-state index contributed by atoms with van der Waals surface area (Å²) < 4.78 is 0. The molecule has 2 heteroatoms. The molecule has 0 aromatic heterocycles. The molecular weight excluding hydrogens is 274 g/mol. The van der Waals surface area contributed by atoms with Gasteiger partial charge in [0, 0.05) is 36.2 Å². The standard InChI is InChI=1S/C19H21NS/c1-16-12-20(13-17-8-4-2-5-9-17)14-18(16)15-21-19-10-6-3-7-11-19/h2-11,18H,1,12-15H2. The van der Waals surface area contributed by atoms with Gasteiger partial charge in [-0.3, -0.25) is 4.90 Å². The molecule has 0 radical (unpaired) electrons. The lowest BCUT2D eigenvalue weighted by Gasteiger charge is -2.15. The first-order chi connectivity index (χ1) is 10.3. The zero-order valence-corrected chi connectivity index (χ0v) is 13.1. The predicted molar refractivity (Wildman–Crippen MR) is 91.5 cm³/mol. The summed E-state index contributed by atoms with van der Waals surface area (Å²) in [5, 5.41) is 0. The highest BCUT2D eigenvalue weighted by Gasteiger charge is 2.25. The fraction of sp³-hybridized carbons (Fsp3) is 0.263. The number of hydrogen-bond donors (Lipinski definition) is 0. The molecular formula is C19H21NS. The molecule has 1 fully saturated rings. The summed E-state index contributed by atoms with van der Waals surface area (Å²) in [5.74, 6) is 1.74. The van der Waals surface area contributed by atoms with E-state index in [9.17, 15) is 0 Å². The van der Waals surface area contributed by atoms with Crippen LogP contribution in [-0.2, 0) is 6.54 Å². The Labute approximate surface area is 131 Å². The summed E-state index contributed by atoms with van der Waals surface area (Å²) >= 11 is 1.94. The van der Waals surface area contributed by atoms with Gasteiger partial charge < -0.3 is 0 Å². The zero-order valence-electron chi connectivity index (χ0n) is 12.2. The quantitative estimate of drug-likeness (QED) is 0.591. The van der Waals surface area contributed by atoms with E-state index < -0.39 is 0 Å². The number of rotatable bonds is 5. The molecule has 1 heterocycles. The minimum absolute atomic E-state index is 0.610. The normalized spacial score (nSPS) is 19.0. The van der Waals surface area contributed by atoms with Crippen LogP contribution in [0.5, 0.6) is 0 Å². The summed E-state index contributed by atoms with van der Waals surface area (Å²) in [6.07, 6.45) is 0. The monoisotopic (exact) mass is 295 g/mol. The molecule has 1 saturated heterocycles. The average Bonchev–Trinajstić information content (AvgIpc) is 2.87. The average molecular weight is 295 g/mol. The maximum Gasteiger partial charge on any atom is 0.0237 e. The van der Waals surface area contributed by atoms with Crippen molar-refractivity contribution in [3.05, 3.63) is 78.4 Å². The SMILES string of the molecule is C=C1CN(Cc2ccccc2)CC1CSc1ccccc1. The highest BCUT2D eigenvalue weighted by atomic mass is 32.2. The third-order valence-corrected chi connectivity index (χ3v) is 5.10. The third kappa shape index (κ3) is 3.99. The summed E-state index contributed by atoms with van der Waals surface area (Å²) in [5.41, 5.74) is 2.77. The van der Waals surface area contributed by atoms with Crippen LogP contribution in [0.15, 0.2) is 77.7 Å². The van der Waals surface area contributed by atoms with Crippen molar-refractivity contribution < 1.29 is 0 Å². The molecule has 1 atom stereocenters. The first-order valence-electron chi connectivity index (χ1n) is 7.43. The smallest absolute Gasteiger partial charge is 0.0237 e. The van der Waals surface area contributed by atoms with Gasteiger partial charge in [-0.25, -0.2) is 0 Å². The van der Waals surface area contributed by atoms with Gasteiger partial charge in [0.2, 0.25) is 0 Å². The Morgan fingerprint density at radius 3 is 2.38 bits per heavy atom. The van der Waals surface area contributed by atoms with E-state index in [0.717, 1.165) is 25.4 Å². The van der Waals surface area contributed by atoms with E-state index in [-0.39, 0.29) is 0 Å². The van der Waals surface area contributed by atoms with Gasteiger partial charge in [0.1, 0.15) is 0 Å². The highest BCUT2D eigenvalue weighted by molar-refractivity contribution is 7.99. The largest absolute Gasteiger partial charge is 0.295 e. The molecule has 2 aromatic carbocycles. The minimum Gasteiger partial charge on any atom is -0.295 e. The second kappa shape index (κ2) is 6.97. The van der Waals surface area contributed by atoms with Crippen molar-refractivity contribution in [2.24, 2.45) is 5.92 Å². The van der Waals surface area contributed by atoms with Gasteiger partial charge >= 0.3 is 0 Å². The molecule has 2 aromatic rings. The van der Waals surface area contributed by atoms with Crippen LogP contribution in [0.2, 0.25) is 0 Å². The molecule has 21 heavy (non-hydrogen) atoms. The van der Waals surface area contributed by atoms with E-state index in [1.165, 1.54) is 16.0 Å². The van der Waals surface area contributed by atoms with Gasteiger partial charge in [-0.1, -0.05) is 60.7 Å². The van der Waals surface area contributed by atoms with Crippen molar-refractivity contribution >= 4 is 11.8 Å². The van der Waals surface area contributed by atoms with Crippen LogP contribution in [0.25, 0.3) is 0 Å². The van der Waals surface area contributed by atoms with E-state index >= 15 is 0 Å². The van der Waals surface area contributed by atoms with Gasteiger partial charge in [0.05, 0.1) is 0 Å². The Kier molecular flexibility index (Phi) is 4.79. The summed E-state index contributed by atoms with van der Waals surface area (Å²) in [6.45, 7) is 7.49. The van der Waals surface area contributed by atoms with Gasteiger partial charge in [0.15, 0.2) is 0 Å². The molecule has 108 valence electrons. The molecule has 0 bridgehead atoms. The van der Waals surface area contributed by atoms with E-state index in [4.69, 9.17) is 0 Å². The summed E-state index contributed by atoms with van der Waals surface area (Å²) in [7, 11) is 0. The number of benzene rings is 2. The first-order valence-corrected chi connectivity index (χ1v) is 8.41. The fourth-order valence-corrected chi connectivity index (χ4v) is 3.85. The topological polar surface area (TPSA) is 3.24 Å². The Hall–Kier alpha value is -1.51. The lowest BCUT2D eigenvalue weighted by atomic mass is 10.1. The number of likely N-dealkylation sites (tertiary alicyclic amines) is 1. The summed E-state index contributed by atoms with van der Waals surface area (Å²) in [6, 6.07) is 21.4. The lowest BCUT2D eigenvalue weighted by Crippen LogP contribution is -2.20. The van der Waals surface area contributed by atoms with Gasteiger partial charge in [-0.05, 0) is 17.7 Å². The van der Waals surface area contributed by atoms with Crippen molar-refractivity contribution in [2.75, 3.05) is 18.8 Å². The molecule has 0 amide bonds. The minimum atomic E-state index is 0.610. The molecule has 0 saturated carbocycles. The van der Waals surface area contributed by atoms with Crippen LogP contribution in [0, 0.1) is 5.92 Å². The molecule has 0 N–H and O–H groups in total. The van der Waals surface area contributed by atoms with E-state index in [2.05, 4.69) is 72.1 Å². The van der Waals surface area contributed by atoms with Crippen LogP contribution < -0.4 is 0 Å². The van der Waals surface area contributed by atoms with Gasteiger partial charge in [-0.2, -0.15) is 0 Å². The lowest BCUT2D eigenvalue weighted by molar-refractivity contribution is 0.323. The van der Waals surface area contributed by atoms with Crippen LogP contribution in [-0.4, -0.2) is 23.7 Å². The van der Waals surface area contributed by atoms with E-state index in [0.29, 0.717) is 5.92 Å².